The fourth-order valence-electron chi connectivity index (χ4n) is 4.40. The molecule has 2 rings (SSSR count). The summed E-state index contributed by atoms with van der Waals surface area (Å²) < 4.78 is 14.2. The Balaban J connectivity index is 2.49. The van der Waals surface area contributed by atoms with E-state index in [0.717, 1.165) is 24.8 Å². The van der Waals surface area contributed by atoms with Gasteiger partial charge in [0, 0.05) is 11.1 Å². The maximum Gasteiger partial charge on any atom is 0.128 e. The van der Waals surface area contributed by atoms with Crippen LogP contribution in [0.3, 0.4) is 0 Å². The first-order valence-electron chi connectivity index (χ1n) is 7.09. The molecule has 1 aliphatic rings. The van der Waals surface area contributed by atoms with Gasteiger partial charge in [0.25, 0.3) is 0 Å². The SMILES string of the molecule is Cc1ccc(F)c(C2(N)CC(C)(C)CC(C)(C)C2)c1. The second-order valence-electron chi connectivity index (χ2n) is 8.00. The second kappa shape index (κ2) is 4.31. The second-order valence-corrected chi connectivity index (χ2v) is 8.00. The van der Waals surface area contributed by atoms with Crippen molar-refractivity contribution in [2.75, 3.05) is 0 Å². The summed E-state index contributed by atoms with van der Waals surface area (Å²) in [6.07, 6.45) is 2.81. The van der Waals surface area contributed by atoms with Gasteiger partial charge in [0.15, 0.2) is 0 Å². The zero-order valence-corrected chi connectivity index (χ0v) is 12.8. The van der Waals surface area contributed by atoms with Crippen molar-refractivity contribution >= 4 is 0 Å². The van der Waals surface area contributed by atoms with Gasteiger partial charge >= 0.3 is 0 Å². The van der Waals surface area contributed by atoms with Crippen molar-refractivity contribution in [1.82, 2.24) is 0 Å². The highest BCUT2D eigenvalue weighted by Crippen LogP contribution is 2.53. The largest absolute Gasteiger partial charge is 0.321 e. The van der Waals surface area contributed by atoms with E-state index in [0.29, 0.717) is 5.56 Å². The highest BCUT2D eigenvalue weighted by molar-refractivity contribution is 5.31. The van der Waals surface area contributed by atoms with Crippen LogP contribution >= 0.6 is 0 Å². The first-order valence-corrected chi connectivity index (χ1v) is 7.09. The molecular weight excluding hydrogens is 237 g/mol. The van der Waals surface area contributed by atoms with Gasteiger partial charge in [0.2, 0.25) is 0 Å². The molecule has 2 heteroatoms. The number of nitrogens with two attached hydrogens (primary N) is 1. The third kappa shape index (κ3) is 3.00. The van der Waals surface area contributed by atoms with E-state index >= 15 is 0 Å². The van der Waals surface area contributed by atoms with E-state index in [2.05, 4.69) is 27.7 Å². The summed E-state index contributed by atoms with van der Waals surface area (Å²) in [4.78, 5) is 0. The van der Waals surface area contributed by atoms with Crippen molar-refractivity contribution in [2.45, 2.75) is 59.4 Å². The van der Waals surface area contributed by atoms with E-state index < -0.39 is 5.54 Å². The number of halogens is 1. The molecule has 1 nitrogen and oxygen atoms in total. The molecule has 0 aromatic heterocycles. The number of rotatable bonds is 1. The van der Waals surface area contributed by atoms with Gasteiger partial charge in [-0.2, -0.15) is 0 Å². The fraction of sp³-hybridized carbons (Fsp3) is 0.647. The van der Waals surface area contributed by atoms with Gasteiger partial charge in [0.1, 0.15) is 5.82 Å². The lowest BCUT2D eigenvalue weighted by atomic mass is 9.57. The van der Waals surface area contributed by atoms with Crippen LogP contribution in [0.25, 0.3) is 0 Å². The van der Waals surface area contributed by atoms with E-state index in [9.17, 15) is 4.39 Å². The standard InChI is InChI=1S/C17H26FN/c1-12-6-7-14(18)13(8-12)17(19)10-15(2,3)9-16(4,5)11-17/h6-8H,9-11,19H2,1-5H3. The van der Waals surface area contributed by atoms with Crippen LogP contribution in [0, 0.1) is 23.6 Å². The molecule has 1 aromatic rings. The highest BCUT2D eigenvalue weighted by atomic mass is 19.1. The number of benzene rings is 1. The molecule has 0 radical (unpaired) electrons. The van der Waals surface area contributed by atoms with Crippen molar-refractivity contribution in [3.8, 4) is 0 Å². The summed E-state index contributed by atoms with van der Waals surface area (Å²) in [6, 6.07) is 5.28. The van der Waals surface area contributed by atoms with Crippen molar-refractivity contribution in [3.05, 3.63) is 35.1 Å². The van der Waals surface area contributed by atoms with Crippen LogP contribution in [0.1, 0.15) is 58.1 Å². The van der Waals surface area contributed by atoms with Gasteiger partial charge in [-0.25, -0.2) is 4.39 Å². The molecule has 1 aromatic carbocycles. The minimum Gasteiger partial charge on any atom is -0.321 e. The molecule has 0 unspecified atom stereocenters. The Morgan fingerprint density at radius 3 is 2.05 bits per heavy atom. The number of aryl methyl sites for hydroxylation is 1. The number of hydrogen-bond acceptors (Lipinski definition) is 1. The molecule has 0 amide bonds. The predicted molar refractivity (Wildman–Crippen MR) is 78.4 cm³/mol. The maximum atomic E-state index is 14.2. The van der Waals surface area contributed by atoms with Gasteiger partial charge in [0.05, 0.1) is 0 Å². The summed E-state index contributed by atoms with van der Waals surface area (Å²) in [5, 5.41) is 0. The molecule has 0 atom stereocenters. The van der Waals surface area contributed by atoms with E-state index in [1.807, 2.05) is 13.0 Å². The molecule has 0 spiro atoms. The lowest BCUT2D eigenvalue weighted by molar-refractivity contribution is 0.0454. The van der Waals surface area contributed by atoms with Gasteiger partial charge in [-0.1, -0.05) is 45.4 Å². The van der Waals surface area contributed by atoms with Gasteiger partial charge < -0.3 is 5.73 Å². The van der Waals surface area contributed by atoms with Crippen LogP contribution in [-0.2, 0) is 5.54 Å². The van der Waals surface area contributed by atoms with Crippen LogP contribution in [0.15, 0.2) is 18.2 Å². The van der Waals surface area contributed by atoms with E-state index in [4.69, 9.17) is 5.73 Å². The lowest BCUT2D eigenvalue weighted by Gasteiger charge is -2.50. The smallest absolute Gasteiger partial charge is 0.128 e. The summed E-state index contributed by atoms with van der Waals surface area (Å²) in [7, 11) is 0. The Kier molecular flexibility index (Phi) is 3.29. The molecule has 19 heavy (non-hydrogen) atoms. The first-order chi connectivity index (χ1) is 8.53. The number of hydrogen-bond donors (Lipinski definition) is 1. The van der Waals surface area contributed by atoms with Crippen molar-refractivity contribution in [3.63, 3.8) is 0 Å². The molecule has 0 saturated heterocycles. The summed E-state index contributed by atoms with van der Waals surface area (Å²) in [5.74, 6) is -0.165. The minimum absolute atomic E-state index is 0.146. The molecular formula is C17H26FN. The Hall–Kier alpha value is -0.890. The van der Waals surface area contributed by atoms with Crippen LogP contribution in [0.2, 0.25) is 0 Å². The van der Waals surface area contributed by atoms with Crippen LogP contribution in [-0.4, -0.2) is 0 Å². The van der Waals surface area contributed by atoms with E-state index in [1.54, 1.807) is 12.1 Å². The third-order valence-corrected chi connectivity index (χ3v) is 4.20. The third-order valence-electron chi connectivity index (χ3n) is 4.20. The lowest BCUT2D eigenvalue weighted by Crippen LogP contribution is -2.50. The molecule has 0 heterocycles. The van der Waals surface area contributed by atoms with Crippen molar-refractivity contribution in [1.29, 1.82) is 0 Å². The minimum atomic E-state index is -0.554. The Bertz CT molecular complexity index is 472. The van der Waals surface area contributed by atoms with Gasteiger partial charge in [-0.05, 0) is 43.1 Å². The van der Waals surface area contributed by atoms with Gasteiger partial charge in [-0.3, -0.25) is 0 Å². The molecule has 1 fully saturated rings. The topological polar surface area (TPSA) is 26.0 Å². The van der Waals surface area contributed by atoms with Gasteiger partial charge in [-0.15, -0.1) is 0 Å². The molecule has 1 aliphatic carbocycles. The Morgan fingerprint density at radius 1 is 1.00 bits per heavy atom. The summed E-state index contributed by atoms with van der Waals surface area (Å²) in [5.41, 5.74) is 8.16. The van der Waals surface area contributed by atoms with Crippen LogP contribution in [0.4, 0.5) is 4.39 Å². The van der Waals surface area contributed by atoms with Crippen LogP contribution < -0.4 is 5.73 Å². The normalized spacial score (nSPS) is 24.2. The Morgan fingerprint density at radius 2 is 1.53 bits per heavy atom. The molecule has 1 saturated carbocycles. The summed E-state index contributed by atoms with van der Waals surface area (Å²) >= 11 is 0. The van der Waals surface area contributed by atoms with E-state index in [-0.39, 0.29) is 16.6 Å². The molecule has 0 aliphatic heterocycles. The molecule has 106 valence electrons. The van der Waals surface area contributed by atoms with Crippen molar-refractivity contribution < 1.29 is 4.39 Å². The maximum absolute atomic E-state index is 14.2. The molecule has 0 bridgehead atoms. The fourth-order valence-corrected chi connectivity index (χ4v) is 4.40. The first kappa shape index (κ1) is 14.5. The average Bonchev–Trinajstić information content (AvgIpc) is 2.16. The molecule has 2 N–H and O–H groups in total. The Labute approximate surface area is 116 Å². The quantitative estimate of drug-likeness (QED) is 0.791. The highest BCUT2D eigenvalue weighted by Gasteiger charge is 2.47. The van der Waals surface area contributed by atoms with E-state index in [1.165, 1.54) is 0 Å². The zero-order valence-electron chi connectivity index (χ0n) is 12.8. The summed E-state index contributed by atoms with van der Waals surface area (Å²) in [6.45, 7) is 10.9. The predicted octanol–water partition coefficient (Wildman–Crippen LogP) is 4.52. The monoisotopic (exact) mass is 263 g/mol. The van der Waals surface area contributed by atoms with Crippen molar-refractivity contribution in [2.24, 2.45) is 16.6 Å². The zero-order chi connectivity index (χ0) is 14.5. The average molecular weight is 263 g/mol. The van der Waals surface area contributed by atoms with Crippen LogP contribution in [0.5, 0.6) is 0 Å².